The van der Waals surface area contributed by atoms with Crippen LogP contribution in [0.15, 0.2) is 66.9 Å². The number of nitrogens with zero attached hydrogens (tertiary/aromatic N) is 1. The minimum Gasteiger partial charge on any atom is -0.495 e. The largest absolute Gasteiger partial charge is 0.495 e. The zero-order valence-corrected chi connectivity index (χ0v) is 14.8. The molecule has 1 heterocycles. The summed E-state index contributed by atoms with van der Waals surface area (Å²) in [6.07, 6.45) is 2.57. The third-order valence-corrected chi connectivity index (χ3v) is 4.00. The van der Waals surface area contributed by atoms with E-state index in [0.717, 1.165) is 29.2 Å². The third-order valence-electron chi connectivity index (χ3n) is 4.00. The van der Waals surface area contributed by atoms with Gasteiger partial charge >= 0.3 is 0 Å². The van der Waals surface area contributed by atoms with Crippen molar-refractivity contribution in [3.05, 3.63) is 78.1 Å². The number of pyridine rings is 1. The van der Waals surface area contributed by atoms with Crippen LogP contribution in [-0.4, -0.2) is 18.0 Å². The first kappa shape index (κ1) is 17.5. The molecule has 0 radical (unpaired) electrons. The molecule has 0 saturated heterocycles. The van der Waals surface area contributed by atoms with Gasteiger partial charge in [0.15, 0.2) is 0 Å². The maximum atomic E-state index is 12.5. The van der Waals surface area contributed by atoms with E-state index in [1.54, 1.807) is 25.4 Å². The highest BCUT2D eigenvalue weighted by Gasteiger charge is 2.10. The van der Waals surface area contributed by atoms with Gasteiger partial charge in [-0.3, -0.25) is 9.78 Å². The summed E-state index contributed by atoms with van der Waals surface area (Å²) in [7, 11) is 1.62. The zero-order valence-electron chi connectivity index (χ0n) is 14.8. The predicted molar refractivity (Wildman–Crippen MR) is 104 cm³/mol. The smallest absolute Gasteiger partial charge is 0.274 e. The summed E-state index contributed by atoms with van der Waals surface area (Å²) in [5.41, 5.74) is 3.89. The van der Waals surface area contributed by atoms with Crippen molar-refractivity contribution in [2.24, 2.45) is 0 Å². The standard InChI is InChI=1S/C21H21N3O2/c1-3-15-8-10-16(11-9-15)24-21(25)19-14-17(12-13-22-19)23-18-6-4-5-7-20(18)26-2/h4-14H,3H2,1-2H3,(H,22,23)(H,24,25). The summed E-state index contributed by atoms with van der Waals surface area (Å²) in [6.45, 7) is 2.09. The molecule has 0 bridgehead atoms. The molecule has 2 N–H and O–H groups in total. The van der Waals surface area contributed by atoms with Crippen LogP contribution in [0.3, 0.4) is 0 Å². The number of nitrogens with one attached hydrogen (secondary N) is 2. The molecule has 3 aromatic rings. The van der Waals surface area contributed by atoms with Crippen molar-refractivity contribution in [1.29, 1.82) is 0 Å². The Balaban J connectivity index is 1.74. The second-order valence-electron chi connectivity index (χ2n) is 5.76. The van der Waals surface area contributed by atoms with Gasteiger partial charge in [0.2, 0.25) is 0 Å². The van der Waals surface area contributed by atoms with Crippen LogP contribution in [0.4, 0.5) is 17.1 Å². The molecule has 0 saturated carbocycles. The summed E-state index contributed by atoms with van der Waals surface area (Å²) >= 11 is 0. The van der Waals surface area contributed by atoms with Crippen molar-refractivity contribution in [3.8, 4) is 5.75 Å². The Morgan fingerprint density at radius 1 is 1.04 bits per heavy atom. The molecule has 0 aliphatic heterocycles. The fourth-order valence-electron chi connectivity index (χ4n) is 2.55. The lowest BCUT2D eigenvalue weighted by Crippen LogP contribution is -2.13. The monoisotopic (exact) mass is 347 g/mol. The molecule has 0 spiro atoms. The van der Waals surface area contributed by atoms with Crippen molar-refractivity contribution >= 4 is 23.0 Å². The number of para-hydroxylation sites is 2. The first-order valence-electron chi connectivity index (χ1n) is 8.46. The highest BCUT2D eigenvalue weighted by atomic mass is 16.5. The van der Waals surface area contributed by atoms with Crippen molar-refractivity contribution in [2.45, 2.75) is 13.3 Å². The Morgan fingerprint density at radius 2 is 1.81 bits per heavy atom. The average Bonchev–Trinajstić information content (AvgIpc) is 2.69. The Morgan fingerprint density at radius 3 is 2.54 bits per heavy atom. The van der Waals surface area contributed by atoms with E-state index in [9.17, 15) is 4.79 Å². The number of hydrogen-bond acceptors (Lipinski definition) is 4. The second kappa shape index (κ2) is 8.16. The Kier molecular flexibility index (Phi) is 5.49. The van der Waals surface area contributed by atoms with E-state index in [1.807, 2.05) is 48.5 Å². The van der Waals surface area contributed by atoms with Crippen molar-refractivity contribution in [1.82, 2.24) is 4.98 Å². The SMILES string of the molecule is CCc1ccc(NC(=O)c2cc(Nc3ccccc3OC)ccn2)cc1. The molecule has 1 amide bonds. The summed E-state index contributed by atoms with van der Waals surface area (Å²) in [4.78, 5) is 16.6. The number of rotatable bonds is 6. The van der Waals surface area contributed by atoms with E-state index in [0.29, 0.717) is 5.69 Å². The fraction of sp³-hybridized carbons (Fsp3) is 0.143. The number of carbonyl (C=O) groups is 1. The molecular formula is C21H21N3O2. The Hall–Kier alpha value is -3.34. The van der Waals surface area contributed by atoms with E-state index in [1.165, 1.54) is 5.56 Å². The molecule has 0 fully saturated rings. The number of carbonyl (C=O) groups excluding carboxylic acids is 1. The van der Waals surface area contributed by atoms with Crippen LogP contribution >= 0.6 is 0 Å². The van der Waals surface area contributed by atoms with Gasteiger partial charge in [0, 0.05) is 17.6 Å². The van der Waals surface area contributed by atoms with Gasteiger partial charge in [0.05, 0.1) is 12.8 Å². The summed E-state index contributed by atoms with van der Waals surface area (Å²) < 4.78 is 5.34. The number of aryl methyl sites for hydroxylation is 1. The predicted octanol–water partition coefficient (Wildman–Crippen LogP) is 4.65. The van der Waals surface area contributed by atoms with Crippen LogP contribution in [0.2, 0.25) is 0 Å². The number of ether oxygens (including phenoxy) is 1. The van der Waals surface area contributed by atoms with Crippen LogP contribution in [0.5, 0.6) is 5.75 Å². The normalized spacial score (nSPS) is 10.2. The molecule has 5 heteroatoms. The molecule has 1 aromatic heterocycles. The summed E-state index contributed by atoms with van der Waals surface area (Å²) in [6, 6.07) is 18.9. The molecule has 0 unspecified atom stereocenters. The number of hydrogen-bond donors (Lipinski definition) is 2. The molecule has 0 aliphatic rings. The maximum Gasteiger partial charge on any atom is 0.274 e. The minimum atomic E-state index is -0.252. The Bertz CT molecular complexity index is 892. The van der Waals surface area contributed by atoms with Crippen molar-refractivity contribution in [2.75, 3.05) is 17.7 Å². The molecule has 3 rings (SSSR count). The average molecular weight is 347 g/mol. The van der Waals surface area contributed by atoms with Gasteiger partial charge in [0.25, 0.3) is 5.91 Å². The third kappa shape index (κ3) is 4.19. The van der Waals surface area contributed by atoms with E-state index in [2.05, 4.69) is 22.5 Å². The Labute approximate surface area is 153 Å². The number of amides is 1. The van der Waals surface area contributed by atoms with E-state index < -0.39 is 0 Å². The van der Waals surface area contributed by atoms with E-state index in [4.69, 9.17) is 4.74 Å². The van der Waals surface area contributed by atoms with Gasteiger partial charge in [-0.2, -0.15) is 0 Å². The van der Waals surface area contributed by atoms with Gasteiger partial charge in [-0.1, -0.05) is 31.2 Å². The maximum absolute atomic E-state index is 12.5. The molecule has 0 atom stereocenters. The number of aromatic nitrogens is 1. The van der Waals surface area contributed by atoms with Gasteiger partial charge in [0.1, 0.15) is 11.4 Å². The highest BCUT2D eigenvalue weighted by molar-refractivity contribution is 6.03. The van der Waals surface area contributed by atoms with Gasteiger partial charge in [-0.05, 0) is 48.4 Å². The summed E-state index contributed by atoms with van der Waals surface area (Å²) in [5.74, 6) is 0.476. The van der Waals surface area contributed by atoms with Crippen LogP contribution < -0.4 is 15.4 Å². The topological polar surface area (TPSA) is 63.2 Å². The van der Waals surface area contributed by atoms with Gasteiger partial charge < -0.3 is 15.4 Å². The number of benzene rings is 2. The first-order valence-corrected chi connectivity index (χ1v) is 8.46. The lowest BCUT2D eigenvalue weighted by Gasteiger charge is -2.11. The van der Waals surface area contributed by atoms with Crippen LogP contribution in [-0.2, 0) is 6.42 Å². The van der Waals surface area contributed by atoms with Crippen LogP contribution in [0, 0.1) is 0 Å². The molecule has 2 aromatic carbocycles. The molecule has 0 aliphatic carbocycles. The molecule has 5 nitrogen and oxygen atoms in total. The highest BCUT2D eigenvalue weighted by Crippen LogP contribution is 2.27. The second-order valence-corrected chi connectivity index (χ2v) is 5.76. The lowest BCUT2D eigenvalue weighted by molar-refractivity contribution is 0.102. The zero-order chi connectivity index (χ0) is 18.4. The number of methoxy groups -OCH3 is 1. The van der Waals surface area contributed by atoms with E-state index in [-0.39, 0.29) is 5.91 Å². The first-order chi connectivity index (χ1) is 12.7. The lowest BCUT2D eigenvalue weighted by atomic mass is 10.1. The van der Waals surface area contributed by atoms with Crippen LogP contribution in [0.25, 0.3) is 0 Å². The van der Waals surface area contributed by atoms with Crippen molar-refractivity contribution in [3.63, 3.8) is 0 Å². The molecular weight excluding hydrogens is 326 g/mol. The van der Waals surface area contributed by atoms with Crippen molar-refractivity contribution < 1.29 is 9.53 Å². The van der Waals surface area contributed by atoms with Gasteiger partial charge in [-0.25, -0.2) is 0 Å². The number of anilines is 3. The summed E-state index contributed by atoms with van der Waals surface area (Å²) in [5, 5.41) is 6.12. The van der Waals surface area contributed by atoms with Gasteiger partial charge in [-0.15, -0.1) is 0 Å². The quantitative estimate of drug-likeness (QED) is 0.681. The molecule has 132 valence electrons. The minimum absolute atomic E-state index is 0.252. The van der Waals surface area contributed by atoms with Crippen LogP contribution in [0.1, 0.15) is 23.0 Å². The molecule has 26 heavy (non-hydrogen) atoms. The fourth-order valence-corrected chi connectivity index (χ4v) is 2.55. The van der Waals surface area contributed by atoms with E-state index >= 15 is 0 Å².